The molecular weight excluding hydrogens is 1140 g/mol. The molecule has 0 aromatic rings. The van der Waals surface area contributed by atoms with Crippen molar-refractivity contribution in [1.29, 1.82) is 0 Å². The number of hydrogen-bond donors (Lipinski definition) is 0. The summed E-state index contributed by atoms with van der Waals surface area (Å²) < 4.78 is 0. The predicted molar refractivity (Wildman–Crippen MR) is 92.8 cm³/mol. The van der Waals surface area contributed by atoms with Gasteiger partial charge in [-0.15, -0.1) is 0 Å². The largest absolute Gasteiger partial charge is 0.394 e. The van der Waals surface area contributed by atoms with Crippen LogP contribution in [0.1, 0.15) is 51.4 Å². The quantitative estimate of drug-likeness (QED) is 0.237. The Kier molecular flexibility index (Phi) is 124. The van der Waals surface area contributed by atoms with Crippen molar-refractivity contribution in [1.82, 2.24) is 0 Å². The molecule has 0 aromatic carbocycles. The molecule has 3 fully saturated rings. The Bertz CT molecular complexity index is 298. The molecule has 3 aliphatic carbocycles. The van der Waals surface area contributed by atoms with Crippen LogP contribution in [0.4, 0.5) is 0 Å². The van der Waals surface area contributed by atoms with Crippen LogP contribution in [0.3, 0.4) is 0 Å². The van der Waals surface area contributed by atoms with E-state index in [1.54, 1.807) is 51.4 Å². The maximum absolute atomic E-state index is 4.72. The summed E-state index contributed by atoms with van der Waals surface area (Å²) in [6, 6.07) is 0. The van der Waals surface area contributed by atoms with Crippen molar-refractivity contribution < 1.29 is 327 Å². The van der Waals surface area contributed by atoms with Gasteiger partial charge in [-0.25, -0.2) is 0 Å². The van der Waals surface area contributed by atoms with E-state index in [2.05, 4.69) is 0 Å². The zero-order valence-corrected chi connectivity index (χ0v) is 47.7. The summed E-state index contributed by atoms with van der Waals surface area (Å²) in [7, 11) is 0. The number of allylic oxidation sites excluding steroid dienone is 4. The van der Waals surface area contributed by atoms with E-state index in [1.165, 1.54) is 48.0 Å². The molecular formula is C21H31Y10-5. The first-order valence-corrected chi connectivity index (χ1v) is 7.95. The van der Waals surface area contributed by atoms with Gasteiger partial charge in [0.1, 0.15) is 0 Å². The minimum absolute atomic E-state index is 0. The SMILES string of the molecule is C1CC2CCCC3CCC(C1)C23.[CH-]=CC=[CH-].[CH-]=CC=[CH-].[CH3-].[Y].[Y].[Y].[Y].[Y].[Y].[Y].[Y].[Y].[Y]. The molecule has 2 unspecified atom stereocenters. The standard InChI is InChI=1S/C12H20.2C4H4.CH3.10Y/c1-3-9-4-2-6-11-8-7-10(5-1)12(9)11;2*1-3-4-2;;;;;;;;;;;/h9-12H,1-8H2;2*1-4H;1H3;;;;;;;;;;/q;2*-2;-1;;;;;;;;;;. The summed E-state index contributed by atoms with van der Waals surface area (Å²) in [6.07, 6.45) is 17.7. The van der Waals surface area contributed by atoms with Crippen LogP contribution >= 0.6 is 0 Å². The second-order valence-corrected chi connectivity index (χ2v) is 6.07. The first-order chi connectivity index (χ1) is 9.78. The Hall–Kier alpha value is 10.00. The summed E-state index contributed by atoms with van der Waals surface area (Å²) in [5.41, 5.74) is 0. The van der Waals surface area contributed by atoms with Gasteiger partial charge in [-0.05, 0) is 36.5 Å². The van der Waals surface area contributed by atoms with Crippen LogP contribution < -0.4 is 0 Å². The van der Waals surface area contributed by atoms with E-state index in [9.17, 15) is 0 Å². The molecule has 10 heteroatoms. The number of hydrogen-bond acceptors (Lipinski definition) is 0. The van der Waals surface area contributed by atoms with Crippen LogP contribution in [0.25, 0.3) is 0 Å². The topological polar surface area (TPSA) is 0 Å². The molecule has 150 valence electrons. The van der Waals surface area contributed by atoms with Gasteiger partial charge >= 0.3 is 0 Å². The van der Waals surface area contributed by atoms with Crippen molar-refractivity contribution in [3.8, 4) is 0 Å². The van der Waals surface area contributed by atoms with Crippen LogP contribution in [0.15, 0.2) is 24.3 Å². The van der Waals surface area contributed by atoms with Gasteiger partial charge in [-0.1, -0.05) is 38.5 Å². The van der Waals surface area contributed by atoms with E-state index < -0.39 is 0 Å². The van der Waals surface area contributed by atoms with Gasteiger partial charge in [-0.3, -0.25) is 0 Å². The average Bonchev–Trinajstić information content (AvgIpc) is 2.94. The van der Waals surface area contributed by atoms with E-state index >= 15 is 0 Å². The Morgan fingerprint density at radius 1 is 0.387 bits per heavy atom. The van der Waals surface area contributed by atoms with E-state index in [0.29, 0.717) is 0 Å². The van der Waals surface area contributed by atoms with Crippen LogP contribution in [0.5, 0.6) is 0 Å². The zero-order chi connectivity index (χ0) is 14.8. The van der Waals surface area contributed by atoms with Crippen molar-refractivity contribution in [3.63, 3.8) is 0 Å². The summed E-state index contributed by atoms with van der Waals surface area (Å²) in [4.78, 5) is 0. The normalized spacial score (nSPS) is 21.4. The van der Waals surface area contributed by atoms with E-state index in [1.807, 2.05) is 0 Å². The minimum atomic E-state index is 0. The Balaban J connectivity index is -0.0000000213. The average molecular weight is 1170 g/mol. The van der Waals surface area contributed by atoms with E-state index in [0.717, 1.165) is 0 Å². The van der Waals surface area contributed by atoms with Crippen molar-refractivity contribution >= 4 is 0 Å². The Morgan fingerprint density at radius 3 is 0.774 bits per heavy atom. The van der Waals surface area contributed by atoms with E-state index in [-0.39, 0.29) is 335 Å². The second-order valence-electron chi connectivity index (χ2n) is 6.07. The summed E-state index contributed by atoms with van der Waals surface area (Å²) in [5, 5.41) is 0. The summed E-state index contributed by atoms with van der Waals surface area (Å²) >= 11 is 0. The molecule has 0 N–H and O–H groups in total. The summed E-state index contributed by atoms with van der Waals surface area (Å²) in [6.45, 7) is 18.9. The van der Waals surface area contributed by atoms with Crippen LogP contribution in [0.2, 0.25) is 0 Å². The molecule has 3 rings (SSSR count). The van der Waals surface area contributed by atoms with Gasteiger partial charge in [0.25, 0.3) is 0 Å². The fraction of sp³-hybridized carbons (Fsp3) is 0.571. The van der Waals surface area contributed by atoms with Gasteiger partial charge in [0.2, 0.25) is 0 Å². The molecule has 0 saturated heterocycles. The van der Waals surface area contributed by atoms with Crippen molar-refractivity contribution in [2.24, 2.45) is 23.7 Å². The summed E-state index contributed by atoms with van der Waals surface area (Å²) in [5.74, 6) is 4.72. The van der Waals surface area contributed by atoms with Gasteiger partial charge in [0.05, 0.1) is 0 Å². The minimum Gasteiger partial charge on any atom is -0.394 e. The van der Waals surface area contributed by atoms with Crippen molar-refractivity contribution in [2.75, 3.05) is 0 Å². The van der Waals surface area contributed by atoms with Crippen LogP contribution in [-0.4, -0.2) is 0 Å². The molecule has 0 aliphatic heterocycles. The first kappa shape index (κ1) is 72.9. The molecule has 10 radical (unpaired) electrons. The maximum atomic E-state index is 4.72. The molecule has 0 bridgehead atoms. The van der Waals surface area contributed by atoms with Gasteiger partial charge in [0, 0.05) is 327 Å². The fourth-order valence-electron chi connectivity index (χ4n) is 4.46. The fourth-order valence-corrected chi connectivity index (χ4v) is 4.46. The molecule has 3 saturated carbocycles. The molecule has 31 heavy (non-hydrogen) atoms. The smallest absolute Gasteiger partial charge is 0 e. The van der Waals surface area contributed by atoms with Gasteiger partial charge in [-0.2, -0.15) is 0 Å². The molecule has 0 aromatic heterocycles. The van der Waals surface area contributed by atoms with Crippen molar-refractivity contribution in [2.45, 2.75) is 51.4 Å². The monoisotopic (exact) mass is 1170 g/mol. The third-order valence-electron chi connectivity index (χ3n) is 5.06. The third kappa shape index (κ3) is 34.4. The Morgan fingerprint density at radius 2 is 0.581 bits per heavy atom. The van der Waals surface area contributed by atoms with Gasteiger partial charge in [0.15, 0.2) is 0 Å². The number of rotatable bonds is 2. The third-order valence-corrected chi connectivity index (χ3v) is 5.06. The van der Waals surface area contributed by atoms with Crippen LogP contribution in [-0.2, 0) is 327 Å². The van der Waals surface area contributed by atoms with Gasteiger partial charge < -0.3 is 58.0 Å². The van der Waals surface area contributed by atoms with Crippen molar-refractivity contribution in [3.05, 3.63) is 58.0 Å². The maximum Gasteiger partial charge on any atom is 0 e. The first-order valence-electron chi connectivity index (χ1n) is 7.95. The molecule has 0 nitrogen and oxygen atoms in total. The molecule has 2 atom stereocenters. The predicted octanol–water partition coefficient (Wildman–Crippen LogP) is 5.97. The van der Waals surface area contributed by atoms with Crippen LogP contribution in [0, 0.1) is 57.4 Å². The zero-order valence-electron chi connectivity index (χ0n) is 19.4. The molecule has 0 amide bonds. The second kappa shape index (κ2) is 52.6. The molecule has 0 spiro atoms. The molecule has 3 aliphatic rings. The van der Waals surface area contributed by atoms with E-state index in [4.69, 9.17) is 26.3 Å². The molecule has 0 heterocycles. The Labute approximate surface area is 447 Å².